The molecule has 0 aromatic rings. The molecule has 0 spiro atoms. The van der Waals surface area contributed by atoms with E-state index in [1.54, 1.807) is 5.57 Å². The number of aliphatic hydroxyl groups excluding tert-OH is 1. The monoisotopic (exact) mass is 458 g/mol. The maximum absolute atomic E-state index is 10.5. The lowest BCUT2D eigenvalue weighted by Crippen LogP contribution is -2.39. The van der Waals surface area contributed by atoms with Crippen LogP contribution in [-0.4, -0.2) is 35.1 Å². The van der Waals surface area contributed by atoms with Gasteiger partial charge in [0, 0.05) is 19.1 Å². The number of hydrogen-bond donors (Lipinski definition) is 2. The Morgan fingerprint density at radius 1 is 1.15 bits per heavy atom. The Morgan fingerprint density at radius 2 is 1.91 bits per heavy atom. The fourth-order valence-corrected chi connectivity index (χ4v) is 7.18. The number of aliphatic hydroxyl groups is 2. The summed E-state index contributed by atoms with van der Waals surface area (Å²) in [6.07, 6.45) is 18.1. The summed E-state index contributed by atoms with van der Waals surface area (Å²) in [4.78, 5) is 0. The van der Waals surface area contributed by atoms with Crippen LogP contribution in [0.25, 0.3) is 0 Å². The highest BCUT2D eigenvalue weighted by Crippen LogP contribution is 2.58. The molecular weight excluding hydrogens is 408 g/mol. The van der Waals surface area contributed by atoms with E-state index in [-0.39, 0.29) is 18.6 Å². The summed E-state index contributed by atoms with van der Waals surface area (Å²) in [7, 11) is 0. The van der Waals surface area contributed by atoms with Crippen LogP contribution in [0.3, 0.4) is 0 Å². The van der Waals surface area contributed by atoms with E-state index in [0.717, 1.165) is 57.1 Å². The van der Waals surface area contributed by atoms with Gasteiger partial charge in [-0.15, -0.1) is 0 Å². The zero-order chi connectivity index (χ0) is 24.1. The first kappa shape index (κ1) is 26.7. The smallest absolute Gasteiger partial charge is 0.0643 e. The lowest BCUT2D eigenvalue weighted by Gasteiger charge is -2.44. The third-order valence-corrected chi connectivity index (χ3v) is 9.71. The van der Waals surface area contributed by atoms with Gasteiger partial charge in [-0.3, -0.25) is 0 Å². The second-order valence-electron chi connectivity index (χ2n) is 11.4. The molecule has 3 heteroatoms. The van der Waals surface area contributed by atoms with Crippen molar-refractivity contribution in [2.45, 2.75) is 116 Å². The molecule has 0 bridgehead atoms. The van der Waals surface area contributed by atoms with Gasteiger partial charge in [0.05, 0.1) is 11.7 Å². The summed E-state index contributed by atoms with van der Waals surface area (Å²) < 4.78 is 6.38. The lowest BCUT2D eigenvalue weighted by atomic mass is 9.62. The Balaban J connectivity index is 1.61. The maximum Gasteiger partial charge on any atom is 0.0643 e. The molecule has 33 heavy (non-hydrogen) atoms. The van der Waals surface area contributed by atoms with E-state index < -0.39 is 5.60 Å². The van der Waals surface area contributed by atoms with Crippen molar-refractivity contribution in [1.29, 1.82) is 0 Å². The summed E-state index contributed by atoms with van der Waals surface area (Å²) in [5.41, 5.74) is 3.94. The van der Waals surface area contributed by atoms with E-state index in [9.17, 15) is 10.2 Å². The molecule has 0 aromatic carbocycles. The quantitative estimate of drug-likeness (QED) is 0.342. The van der Waals surface area contributed by atoms with Crippen molar-refractivity contribution in [3.8, 4) is 0 Å². The predicted molar refractivity (Wildman–Crippen MR) is 138 cm³/mol. The first-order valence-corrected chi connectivity index (χ1v) is 13.8. The molecule has 188 valence electrons. The number of rotatable bonds is 10. The number of fused-ring (bicyclic) bond motifs is 1. The Bertz CT molecular complexity index is 716. The topological polar surface area (TPSA) is 49.7 Å². The Morgan fingerprint density at radius 3 is 2.61 bits per heavy atom. The van der Waals surface area contributed by atoms with Gasteiger partial charge in [0.15, 0.2) is 0 Å². The molecular formula is C30H50O3. The minimum atomic E-state index is -0.518. The van der Waals surface area contributed by atoms with Gasteiger partial charge in [0.2, 0.25) is 0 Å². The SMILES string of the molecule is C=C1/C(=C\C=C2/CCCC3(C)C2CCC3C(C)OCCCC(O)(CC)CC)CCCC1CO. The average molecular weight is 459 g/mol. The predicted octanol–water partition coefficient (Wildman–Crippen LogP) is 7.14. The lowest BCUT2D eigenvalue weighted by molar-refractivity contribution is -0.0365. The van der Waals surface area contributed by atoms with Crippen LogP contribution < -0.4 is 0 Å². The third kappa shape index (κ3) is 6.03. The minimum absolute atomic E-state index is 0.225. The molecule has 3 aliphatic rings. The van der Waals surface area contributed by atoms with Gasteiger partial charge < -0.3 is 14.9 Å². The first-order valence-electron chi connectivity index (χ1n) is 13.8. The van der Waals surface area contributed by atoms with Crippen molar-refractivity contribution in [2.75, 3.05) is 13.2 Å². The van der Waals surface area contributed by atoms with E-state index in [0.29, 0.717) is 17.3 Å². The van der Waals surface area contributed by atoms with Gasteiger partial charge in [-0.25, -0.2) is 0 Å². The molecule has 5 atom stereocenters. The van der Waals surface area contributed by atoms with Crippen molar-refractivity contribution in [2.24, 2.45) is 23.2 Å². The van der Waals surface area contributed by atoms with E-state index in [4.69, 9.17) is 4.74 Å². The summed E-state index contributed by atoms with van der Waals surface area (Å²) in [5.74, 6) is 1.52. The van der Waals surface area contributed by atoms with E-state index >= 15 is 0 Å². The zero-order valence-corrected chi connectivity index (χ0v) is 21.9. The van der Waals surface area contributed by atoms with Crippen LogP contribution in [0.15, 0.2) is 35.5 Å². The summed E-state index contributed by atoms with van der Waals surface area (Å²) in [6.45, 7) is 14.2. The number of allylic oxidation sites excluding steroid dienone is 4. The highest BCUT2D eigenvalue weighted by atomic mass is 16.5. The Labute approximate surface area is 203 Å². The molecule has 5 unspecified atom stereocenters. The molecule has 3 fully saturated rings. The van der Waals surface area contributed by atoms with Crippen LogP contribution >= 0.6 is 0 Å². The molecule has 3 nitrogen and oxygen atoms in total. The molecule has 0 aromatic heterocycles. The highest BCUT2D eigenvalue weighted by molar-refractivity contribution is 5.37. The fourth-order valence-electron chi connectivity index (χ4n) is 7.18. The average Bonchev–Trinajstić information content (AvgIpc) is 3.18. The molecule has 0 heterocycles. The normalized spacial score (nSPS) is 34.1. The zero-order valence-electron chi connectivity index (χ0n) is 21.9. The summed E-state index contributed by atoms with van der Waals surface area (Å²) >= 11 is 0. The van der Waals surface area contributed by atoms with Gasteiger partial charge in [-0.05, 0) is 112 Å². The van der Waals surface area contributed by atoms with Gasteiger partial charge >= 0.3 is 0 Å². The third-order valence-electron chi connectivity index (χ3n) is 9.71. The molecule has 0 radical (unpaired) electrons. The van der Waals surface area contributed by atoms with Crippen molar-refractivity contribution < 1.29 is 14.9 Å². The largest absolute Gasteiger partial charge is 0.396 e. The summed E-state index contributed by atoms with van der Waals surface area (Å²) in [5, 5.41) is 20.2. The molecule has 3 rings (SSSR count). The van der Waals surface area contributed by atoms with Crippen LogP contribution in [0.1, 0.15) is 105 Å². The van der Waals surface area contributed by atoms with Crippen molar-refractivity contribution in [3.63, 3.8) is 0 Å². The minimum Gasteiger partial charge on any atom is -0.396 e. The van der Waals surface area contributed by atoms with Gasteiger partial charge in [0.25, 0.3) is 0 Å². The molecule has 0 saturated heterocycles. The van der Waals surface area contributed by atoms with E-state index in [2.05, 4.69) is 46.4 Å². The fraction of sp³-hybridized carbons (Fsp3) is 0.800. The standard InChI is InChI=1S/C30H50O3/c1-6-30(32,7-2)19-10-20-33-23(4)27-16-17-28-25(13-9-18-29(27,28)5)15-14-24-11-8-12-26(21-31)22(24)3/h14-15,23,26-28,31-32H,3,6-13,16-21H2,1-2,4-5H3/b24-14-,25-15+. The number of hydrogen-bond acceptors (Lipinski definition) is 3. The van der Waals surface area contributed by atoms with Gasteiger partial charge in [-0.1, -0.05) is 45.1 Å². The van der Waals surface area contributed by atoms with Crippen molar-refractivity contribution in [3.05, 3.63) is 35.5 Å². The molecule has 3 aliphatic carbocycles. The van der Waals surface area contributed by atoms with Gasteiger partial charge in [0.1, 0.15) is 0 Å². The molecule has 0 aliphatic heterocycles. The van der Waals surface area contributed by atoms with Crippen LogP contribution in [0, 0.1) is 23.2 Å². The molecule has 2 N–H and O–H groups in total. The van der Waals surface area contributed by atoms with Crippen LogP contribution in [0.4, 0.5) is 0 Å². The van der Waals surface area contributed by atoms with Crippen molar-refractivity contribution >= 4 is 0 Å². The summed E-state index contributed by atoms with van der Waals surface area (Å²) in [6, 6.07) is 0. The first-order chi connectivity index (χ1) is 15.8. The molecule has 3 saturated carbocycles. The second-order valence-corrected chi connectivity index (χ2v) is 11.4. The Hall–Kier alpha value is -0.900. The maximum atomic E-state index is 10.5. The Kier molecular flexibility index (Phi) is 9.46. The van der Waals surface area contributed by atoms with E-state index in [1.165, 1.54) is 37.7 Å². The van der Waals surface area contributed by atoms with Crippen LogP contribution in [-0.2, 0) is 4.74 Å². The second kappa shape index (κ2) is 11.7. The highest BCUT2D eigenvalue weighted by Gasteiger charge is 2.51. The van der Waals surface area contributed by atoms with Crippen LogP contribution in [0.5, 0.6) is 0 Å². The number of ether oxygens (including phenoxy) is 1. The van der Waals surface area contributed by atoms with E-state index in [1.807, 2.05) is 0 Å². The van der Waals surface area contributed by atoms with Crippen molar-refractivity contribution in [1.82, 2.24) is 0 Å². The molecule has 0 amide bonds. The van der Waals surface area contributed by atoms with Crippen LogP contribution in [0.2, 0.25) is 0 Å². The van der Waals surface area contributed by atoms with Gasteiger partial charge in [-0.2, -0.15) is 0 Å².